The number of carboxylic acids is 1. The van der Waals surface area contributed by atoms with Crippen molar-refractivity contribution in [1.29, 1.82) is 10.5 Å². The topological polar surface area (TPSA) is 272 Å². The standard InChI is InChI=1S/C28H19ClF3N5O4S.C27H16ClF3N4O4S.CH5NO.ClH/c1-13-35-24-20(30)10-17(26(31)32)18(11-33)22(24)28(39)37(13)7-8-41-21-4-3-14(29)9-16(21)15-5-6-34-23-19(12-42-25(15)23)27(38)36-40-2;1-12-34-23-19(29)9-16(25(30)31)17(10-32)21(23)26(36)35(12)6-7-39-20-3-2-13(28)8-15(20)14-4-5-33-22-18(27(37)38)11-40-24(14)22;1-3-2;/h3-6,9-10,12,26H,7-8H2,1-2H3,(H,36,38);2-5,8-9,11,25H,6-7H2,1H3,(H,37,38);2H2,1H3;1H. The molecule has 6 aromatic heterocycles. The molecule has 0 unspecified atom stereocenters. The van der Waals surface area contributed by atoms with Crippen molar-refractivity contribution >= 4 is 112 Å². The van der Waals surface area contributed by atoms with E-state index in [1.165, 1.54) is 62.3 Å². The van der Waals surface area contributed by atoms with Crippen LogP contribution in [-0.4, -0.2) is 73.5 Å². The first-order chi connectivity index (χ1) is 40.7. The minimum atomic E-state index is -3.16. The summed E-state index contributed by atoms with van der Waals surface area (Å²) in [6.07, 6.45) is -3.30. The van der Waals surface area contributed by atoms with Gasteiger partial charge < -0.3 is 19.4 Å². The van der Waals surface area contributed by atoms with E-state index in [1.54, 1.807) is 72.2 Å². The molecule has 86 heavy (non-hydrogen) atoms. The molecule has 19 nitrogen and oxygen atoms in total. The van der Waals surface area contributed by atoms with Crippen molar-refractivity contribution in [2.24, 2.45) is 5.90 Å². The van der Waals surface area contributed by atoms with Crippen LogP contribution in [0.1, 0.15) is 67.5 Å². The number of carboxylic acid groups (broad SMARTS) is 1. The number of benzene rings is 4. The number of ether oxygens (including phenoxy) is 2. The first kappa shape index (κ1) is 64.8. The van der Waals surface area contributed by atoms with Gasteiger partial charge >= 0.3 is 5.97 Å². The minimum absolute atomic E-state index is 0. The van der Waals surface area contributed by atoms with Gasteiger partial charge in [-0.3, -0.25) is 38.3 Å². The Bertz CT molecular complexity index is 4500. The van der Waals surface area contributed by atoms with Crippen molar-refractivity contribution in [3.8, 4) is 45.9 Å². The summed E-state index contributed by atoms with van der Waals surface area (Å²) < 4.78 is 98.7. The lowest BCUT2D eigenvalue weighted by atomic mass is 10.0. The SMILES string of the molecule is CON.CONC(=O)c1csc2c(-c3cc(Cl)ccc3OCCn3c(C)nc4c(F)cc(C(F)F)c(C#N)c4c3=O)ccnc12.Cc1nc2c(F)cc(C(F)F)c(C#N)c2c(=O)n1CCOc1ccc(Cl)cc1-c1ccnc2c(C(=O)O)csc12.Cl. The number of thiophene rings is 2. The van der Waals surface area contributed by atoms with E-state index in [1.807, 2.05) is 0 Å². The van der Waals surface area contributed by atoms with Gasteiger partial charge in [0.05, 0.1) is 80.8 Å². The second-order valence-corrected chi connectivity index (χ2v) is 20.3. The largest absolute Gasteiger partial charge is 0.491 e. The Kier molecular flexibility index (Phi) is 21.1. The van der Waals surface area contributed by atoms with Gasteiger partial charge in [0.1, 0.15) is 71.2 Å². The molecule has 4 N–H and O–H groups in total. The number of aryl methyl sites for hydroxylation is 2. The number of hydroxylamine groups is 1. The number of nitrogens with zero attached hydrogens (tertiary/aromatic N) is 8. The number of aromatic carboxylic acids is 1. The minimum Gasteiger partial charge on any atom is -0.491 e. The maximum Gasteiger partial charge on any atom is 0.338 e. The Morgan fingerprint density at radius 3 is 1.48 bits per heavy atom. The average Bonchev–Trinajstić information content (AvgIpc) is 1.06. The Morgan fingerprint density at radius 1 is 0.686 bits per heavy atom. The number of rotatable bonds is 15. The Labute approximate surface area is 505 Å². The highest BCUT2D eigenvalue weighted by molar-refractivity contribution is 7.18. The molecule has 0 bridgehead atoms. The molecular formula is C56H41Cl3F6N10O9S2. The Morgan fingerprint density at radius 2 is 1.09 bits per heavy atom. The fourth-order valence-electron chi connectivity index (χ4n) is 8.99. The molecule has 10 rings (SSSR count). The highest BCUT2D eigenvalue weighted by Gasteiger charge is 2.27. The fourth-order valence-corrected chi connectivity index (χ4v) is 11.4. The van der Waals surface area contributed by atoms with Crippen LogP contribution in [0.15, 0.2) is 93.4 Å². The van der Waals surface area contributed by atoms with Gasteiger partial charge in [0.2, 0.25) is 0 Å². The van der Waals surface area contributed by atoms with Gasteiger partial charge in [-0.1, -0.05) is 23.2 Å². The van der Waals surface area contributed by atoms with Crippen molar-refractivity contribution < 1.29 is 60.2 Å². The molecule has 0 saturated heterocycles. The van der Waals surface area contributed by atoms with E-state index in [0.717, 1.165) is 9.13 Å². The quantitative estimate of drug-likeness (QED) is 0.0636. The number of nitrogens with one attached hydrogen (secondary N) is 1. The highest BCUT2D eigenvalue weighted by Crippen LogP contribution is 2.42. The summed E-state index contributed by atoms with van der Waals surface area (Å²) in [6.45, 7) is 2.54. The number of hydrogen-bond donors (Lipinski definition) is 3. The lowest BCUT2D eigenvalue weighted by Gasteiger charge is -2.16. The summed E-state index contributed by atoms with van der Waals surface area (Å²) in [5, 5.41) is 31.4. The summed E-state index contributed by atoms with van der Waals surface area (Å²) in [5.41, 5.74) is 0.279. The van der Waals surface area contributed by atoms with Gasteiger partial charge in [0.15, 0.2) is 0 Å². The van der Waals surface area contributed by atoms with Gasteiger partial charge in [-0.2, -0.15) is 10.5 Å². The number of carbonyl (C=O) groups excluding carboxylic acids is 1. The second-order valence-electron chi connectivity index (χ2n) is 17.7. The third-order valence-corrected chi connectivity index (χ3v) is 15.2. The van der Waals surface area contributed by atoms with E-state index in [4.69, 9.17) is 37.5 Å². The van der Waals surface area contributed by atoms with E-state index >= 15 is 0 Å². The molecule has 0 aliphatic carbocycles. The maximum atomic E-state index is 14.6. The van der Waals surface area contributed by atoms with Crippen LogP contribution in [0.5, 0.6) is 11.5 Å². The smallest absolute Gasteiger partial charge is 0.338 e. The number of fused-ring (bicyclic) bond motifs is 4. The van der Waals surface area contributed by atoms with Gasteiger partial charge in [0, 0.05) is 66.6 Å². The van der Waals surface area contributed by atoms with Crippen LogP contribution < -0.4 is 32.0 Å². The van der Waals surface area contributed by atoms with E-state index < -0.39 is 91.5 Å². The summed E-state index contributed by atoms with van der Waals surface area (Å²) in [5.74, 6) is 1.51. The average molecular weight is 1280 g/mol. The summed E-state index contributed by atoms with van der Waals surface area (Å²) >= 11 is 15.1. The number of aromatic nitrogens is 6. The molecule has 0 fully saturated rings. The maximum absolute atomic E-state index is 14.6. The van der Waals surface area contributed by atoms with E-state index in [9.17, 15) is 61.2 Å². The second kappa shape index (κ2) is 28.0. The normalized spacial score (nSPS) is 11.0. The molecule has 0 aliphatic rings. The molecule has 10 aromatic rings. The van der Waals surface area contributed by atoms with E-state index in [-0.39, 0.29) is 55.9 Å². The fraction of sp³-hybridized carbons (Fsp3) is 0.179. The lowest BCUT2D eigenvalue weighted by molar-refractivity contribution is 0.0539. The molecular weight excluding hydrogens is 1240 g/mol. The third-order valence-electron chi connectivity index (χ3n) is 12.7. The van der Waals surface area contributed by atoms with Gasteiger partial charge in [-0.25, -0.2) is 52.5 Å². The number of pyridine rings is 2. The van der Waals surface area contributed by atoms with Crippen LogP contribution in [0, 0.1) is 48.1 Å². The Hall–Kier alpha value is -8.77. The number of alkyl halides is 4. The number of nitrogens with two attached hydrogens (primary N) is 1. The number of carbonyl (C=O) groups is 2. The zero-order valence-electron chi connectivity index (χ0n) is 44.7. The van der Waals surface area contributed by atoms with Crippen LogP contribution in [-0.2, 0) is 22.8 Å². The van der Waals surface area contributed by atoms with Crippen molar-refractivity contribution in [2.45, 2.75) is 39.8 Å². The number of amides is 1. The van der Waals surface area contributed by atoms with Crippen LogP contribution in [0.25, 0.3) is 64.5 Å². The van der Waals surface area contributed by atoms with Gasteiger partial charge in [-0.05, 0) is 74.5 Å². The highest BCUT2D eigenvalue weighted by atomic mass is 35.5. The first-order valence-corrected chi connectivity index (χ1v) is 26.9. The van der Waals surface area contributed by atoms with Crippen LogP contribution in [0.3, 0.4) is 0 Å². The monoisotopic (exact) mass is 1280 g/mol. The van der Waals surface area contributed by atoms with Crippen molar-refractivity contribution in [3.63, 3.8) is 0 Å². The third kappa shape index (κ3) is 13.0. The Balaban J connectivity index is 0.000000233. The van der Waals surface area contributed by atoms with E-state index in [2.05, 4.69) is 36.2 Å². The van der Waals surface area contributed by atoms with Crippen molar-refractivity contribution in [1.82, 2.24) is 34.6 Å². The van der Waals surface area contributed by atoms with Crippen molar-refractivity contribution in [3.05, 3.63) is 171 Å². The van der Waals surface area contributed by atoms with Gasteiger partial charge in [-0.15, -0.1) is 35.1 Å². The number of nitriles is 2. The lowest BCUT2D eigenvalue weighted by Crippen LogP contribution is -2.27. The van der Waals surface area contributed by atoms with Crippen LogP contribution in [0.2, 0.25) is 10.0 Å². The van der Waals surface area contributed by atoms with Crippen LogP contribution >= 0.6 is 58.3 Å². The van der Waals surface area contributed by atoms with E-state index in [0.29, 0.717) is 81.9 Å². The molecule has 444 valence electrons. The molecule has 0 spiro atoms. The number of halogens is 9. The molecule has 30 heteroatoms. The first-order valence-electron chi connectivity index (χ1n) is 24.4. The molecule has 4 aromatic carbocycles. The zero-order chi connectivity index (χ0) is 61.6. The van der Waals surface area contributed by atoms with Gasteiger partial charge in [0.25, 0.3) is 29.9 Å². The molecule has 0 radical (unpaired) electrons. The summed E-state index contributed by atoms with van der Waals surface area (Å²) in [4.78, 5) is 75.7. The molecule has 0 aliphatic heterocycles. The zero-order valence-corrected chi connectivity index (χ0v) is 48.6. The summed E-state index contributed by atoms with van der Waals surface area (Å²) in [7, 11) is 2.73. The molecule has 1 amide bonds. The molecule has 0 atom stereocenters. The number of hydrogen-bond acceptors (Lipinski definition) is 17. The predicted molar refractivity (Wildman–Crippen MR) is 312 cm³/mol. The van der Waals surface area contributed by atoms with Crippen LogP contribution in [0.4, 0.5) is 26.3 Å². The molecule has 6 heterocycles. The molecule has 0 saturated carbocycles. The van der Waals surface area contributed by atoms with Crippen molar-refractivity contribution in [2.75, 3.05) is 27.4 Å². The predicted octanol–water partition coefficient (Wildman–Crippen LogP) is 12.2. The summed E-state index contributed by atoms with van der Waals surface area (Å²) in [6, 6.07) is 17.5.